The van der Waals surface area contributed by atoms with Gasteiger partial charge in [-0.15, -0.1) is 0 Å². The number of nitrogens with two attached hydrogens (primary N) is 1. The van der Waals surface area contributed by atoms with Crippen LogP contribution in [0.25, 0.3) is 0 Å². The molecule has 1 heterocycles. The Labute approximate surface area is 80.0 Å². The first-order valence-corrected chi connectivity index (χ1v) is 4.09. The number of cyclic esters (lactones) is 1. The van der Waals surface area contributed by atoms with Crippen LogP contribution >= 0.6 is 0 Å². The largest absolute Gasteiger partial charge is 0.464 e. The predicted molar refractivity (Wildman–Crippen MR) is 45.1 cm³/mol. The summed E-state index contributed by atoms with van der Waals surface area (Å²) < 4.78 is 4.65. The summed E-state index contributed by atoms with van der Waals surface area (Å²) in [4.78, 5) is 32.0. The van der Waals surface area contributed by atoms with Gasteiger partial charge in [0.25, 0.3) is 0 Å². The zero-order valence-electron chi connectivity index (χ0n) is 7.41. The SMILES string of the molecule is NC(=O)NC(=O)CNC1CCOC1=O. The highest BCUT2D eigenvalue weighted by Crippen LogP contribution is 2.04. The third-order valence-electron chi connectivity index (χ3n) is 1.71. The van der Waals surface area contributed by atoms with Crippen molar-refractivity contribution >= 4 is 17.9 Å². The maximum absolute atomic E-state index is 10.9. The summed E-state index contributed by atoms with van der Waals surface area (Å²) in [6.07, 6.45) is 0.530. The summed E-state index contributed by atoms with van der Waals surface area (Å²) in [5.41, 5.74) is 4.71. The third kappa shape index (κ3) is 3.02. The number of amides is 3. The molecular weight excluding hydrogens is 190 g/mol. The molecule has 1 unspecified atom stereocenters. The minimum Gasteiger partial charge on any atom is -0.464 e. The molecule has 0 aromatic carbocycles. The Balaban J connectivity index is 2.23. The molecule has 1 saturated heterocycles. The zero-order chi connectivity index (χ0) is 10.6. The molecule has 0 aromatic heterocycles. The van der Waals surface area contributed by atoms with Crippen LogP contribution < -0.4 is 16.4 Å². The van der Waals surface area contributed by atoms with E-state index in [0.29, 0.717) is 13.0 Å². The van der Waals surface area contributed by atoms with Gasteiger partial charge in [-0.3, -0.25) is 20.2 Å². The van der Waals surface area contributed by atoms with Crippen molar-refractivity contribution in [3.8, 4) is 0 Å². The van der Waals surface area contributed by atoms with Gasteiger partial charge in [0.1, 0.15) is 6.04 Å². The highest BCUT2D eigenvalue weighted by Gasteiger charge is 2.26. The third-order valence-corrected chi connectivity index (χ3v) is 1.71. The first kappa shape index (κ1) is 10.5. The Morgan fingerprint density at radius 2 is 2.29 bits per heavy atom. The Hall–Kier alpha value is -1.63. The lowest BCUT2D eigenvalue weighted by atomic mass is 10.2. The summed E-state index contributed by atoms with van der Waals surface area (Å²) in [7, 11) is 0. The molecule has 7 heteroatoms. The molecule has 0 saturated carbocycles. The lowest BCUT2D eigenvalue weighted by Gasteiger charge is -2.07. The second-order valence-electron chi connectivity index (χ2n) is 2.80. The average Bonchev–Trinajstić information content (AvgIpc) is 2.46. The van der Waals surface area contributed by atoms with Crippen LogP contribution in [0.5, 0.6) is 0 Å². The smallest absolute Gasteiger partial charge is 0.323 e. The quantitative estimate of drug-likeness (QED) is 0.461. The summed E-state index contributed by atoms with van der Waals surface area (Å²) in [6.45, 7) is 0.219. The van der Waals surface area contributed by atoms with Crippen molar-refractivity contribution in [1.82, 2.24) is 10.6 Å². The van der Waals surface area contributed by atoms with E-state index in [4.69, 9.17) is 5.73 Å². The Bertz CT molecular complexity index is 266. The van der Waals surface area contributed by atoms with Crippen molar-refractivity contribution in [2.75, 3.05) is 13.2 Å². The second kappa shape index (κ2) is 4.56. The summed E-state index contributed by atoms with van der Waals surface area (Å²) in [5.74, 6) is -0.950. The van der Waals surface area contributed by atoms with Crippen LogP contribution in [0.4, 0.5) is 4.79 Å². The van der Waals surface area contributed by atoms with Crippen LogP contribution in [0.3, 0.4) is 0 Å². The lowest BCUT2D eigenvalue weighted by Crippen LogP contribution is -2.44. The fourth-order valence-electron chi connectivity index (χ4n) is 1.08. The number of rotatable bonds is 3. The van der Waals surface area contributed by atoms with Gasteiger partial charge in [-0.2, -0.15) is 0 Å². The van der Waals surface area contributed by atoms with E-state index >= 15 is 0 Å². The molecule has 0 radical (unpaired) electrons. The Morgan fingerprint density at radius 1 is 1.57 bits per heavy atom. The number of carbonyl (C=O) groups is 3. The van der Waals surface area contributed by atoms with Crippen LogP contribution in [0.1, 0.15) is 6.42 Å². The number of urea groups is 1. The van der Waals surface area contributed by atoms with E-state index in [0.717, 1.165) is 0 Å². The molecule has 1 atom stereocenters. The van der Waals surface area contributed by atoms with Gasteiger partial charge in [0.15, 0.2) is 0 Å². The minimum atomic E-state index is -0.911. The number of carbonyl (C=O) groups excluding carboxylic acids is 3. The van der Waals surface area contributed by atoms with Crippen molar-refractivity contribution < 1.29 is 19.1 Å². The van der Waals surface area contributed by atoms with E-state index in [1.54, 1.807) is 0 Å². The standard InChI is InChI=1S/C7H11N3O4/c8-7(13)10-5(11)3-9-4-1-2-14-6(4)12/h4,9H,1-3H2,(H3,8,10,11,13). The van der Waals surface area contributed by atoms with E-state index in [2.05, 4.69) is 10.1 Å². The molecule has 0 aromatic rings. The average molecular weight is 201 g/mol. The maximum Gasteiger partial charge on any atom is 0.323 e. The summed E-state index contributed by atoms with van der Waals surface area (Å²) in [5, 5.41) is 4.51. The van der Waals surface area contributed by atoms with Crippen molar-refractivity contribution in [1.29, 1.82) is 0 Å². The van der Waals surface area contributed by atoms with E-state index in [9.17, 15) is 14.4 Å². The molecule has 4 N–H and O–H groups in total. The second-order valence-corrected chi connectivity index (χ2v) is 2.80. The molecule has 0 spiro atoms. The monoisotopic (exact) mass is 201 g/mol. The molecule has 7 nitrogen and oxygen atoms in total. The first-order chi connectivity index (χ1) is 6.59. The van der Waals surface area contributed by atoms with Gasteiger partial charge in [0, 0.05) is 6.42 Å². The van der Waals surface area contributed by atoms with Crippen LogP contribution in [0.2, 0.25) is 0 Å². The molecule has 78 valence electrons. The molecular formula is C7H11N3O4. The van der Waals surface area contributed by atoms with Crippen molar-refractivity contribution in [2.45, 2.75) is 12.5 Å². The molecule has 1 aliphatic rings. The van der Waals surface area contributed by atoms with Gasteiger partial charge in [-0.1, -0.05) is 0 Å². The fraction of sp³-hybridized carbons (Fsp3) is 0.571. The van der Waals surface area contributed by atoms with E-state index in [1.807, 2.05) is 5.32 Å². The summed E-state index contributed by atoms with van der Waals surface area (Å²) >= 11 is 0. The number of esters is 1. The zero-order valence-corrected chi connectivity index (χ0v) is 7.41. The molecule has 3 amide bonds. The van der Waals surface area contributed by atoms with Gasteiger partial charge >= 0.3 is 12.0 Å². The van der Waals surface area contributed by atoms with Crippen LogP contribution in [-0.4, -0.2) is 37.1 Å². The molecule has 14 heavy (non-hydrogen) atoms. The normalized spacial score (nSPS) is 20.3. The number of primary amides is 1. The van der Waals surface area contributed by atoms with Gasteiger partial charge in [0.2, 0.25) is 5.91 Å². The fourth-order valence-corrected chi connectivity index (χ4v) is 1.08. The highest BCUT2D eigenvalue weighted by molar-refractivity contribution is 5.94. The lowest BCUT2D eigenvalue weighted by molar-refractivity contribution is -0.139. The van der Waals surface area contributed by atoms with Gasteiger partial charge in [0.05, 0.1) is 13.2 Å². The predicted octanol–water partition coefficient (Wildman–Crippen LogP) is -1.91. The summed E-state index contributed by atoms with van der Waals surface area (Å²) in [6, 6.07) is -1.38. The number of hydrogen-bond acceptors (Lipinski definition) is 5. The number of hydrogen-bond donors (Lipinski definition) is 3. The molecule has 0 aliphatic carbocycles. The van der Waals surface area contributed by atoms with Crippen LogP contribution in [0.15, 0.2) is 0 Å². The van der Waals surface area contributed by atoms with E-state index in [-0.39, 0.29) is 12.5 Å². The first-order valence-electron chi connectivity index (χ1n) is 4.09. The van der Waals surface area contributed by atoms with Crippen molar-refractivity contribution in [3.63, 3.8) is 0 Å². The van der Waals surface area contributed by atoms with Crippen LogP contribution in [0, 0.1) is 0 Å². The molecule has 1 fully saturated rings. The number of nitrogens with one attached hydrogen (secondary N) is 2. The van der Waals surface area contributed by atoms with E-state index < -0.39 is 18.0 Å². The van der Waals surface area contributed by atoms with Gasteiger partial charge in [-0.25, -0.2) is 4.79 Å². The topological polar surface area (TPSA) is 111 Å². The van der Waals surface area contributed by atoms with Crippen molar-refractivity contribution in [3.05, 3.63) is 0 Å². The molecule has 1 rings (SSSR count). The highest BCUT2D eigenvalue weighted by atomic mass is 16.5. The Kier molecular flexibility index (Phi) is 3.41. The van der Waals surface area contributed by atoms with E-state index in [1.165, 1.54) is 0 Å². The minimum absolute atomic E-state index is 0.136. The van der Waals surface area contributed by atoms with Crippen LogP contribution in [-0.2, 0) is 14.3 Å². The molecule has 0 bridgehead atoms. The van der Waals surface area contributed by atoms with Gasteiger partial charge in [-0.05, 0) is 0 Å². The number of imide groups is 1. The molecule has 1 aliphatic heterocycles. The maximum atomic E-state index is 10.9. The number of ether oxygens (including phenoxy) is 1. The Morgan fingerprint density at radius 3 is 2.79 bits per heavy atom. The van der Waals surface area contributed by atoms with Gasteiger partial charge < -0.3 is 10.5 Å². The van der Waals surface area contributed by atoms with Crippen molar-refractivity contribution in [2.24, 2.45) is 5.73 Å².